The molecule has 5 nitrogen and oxygen atoms in total. The smallest absolute Gasteiger partial charge is 0.315 e. The Hall–Kier alpha value is -2.04. The lowest BCUT2D eigenvalue weighted by Crippen LogP contribution is -2.46. The molecule has 0 spiro atoms. The van der Waals surface area contributed by atoms with Gasteiger partial charge in [-0.15, -0.1) is 0 Å². The maximum absolute atomic E-state index is 11.6. The maximum atomic E-state index is 11.6. The van der Waals surface area contributed by atoms with Crippen LogP contribution < -0.4 is 10.1 Å². The van der Waals surface area contributed by atoms with Gasteiger partial charge in [0.05, 0.1) is 6.04 Å². The molecule has 0 saturated heterocycles. The molecule has 0 bridgehead atoms. The number of carboxylic acid groups (broad SMARTS) is 1. The number of ether oxygens (including phenoxy) is 1. The van der Waals surface area contributed by atoms with E-state index in [1.54, 1.807) is 0 Å². The molecule has 0 saturated carbocycles. The number of hydrogen-bond acceptors (Lipinski definition) is 3. The van der Waals surface area contributed by atoms with Gasteiger partial charge in [-0.1, -0.05) is 18.2 Å². The van der Waals surface area contributed by atoms with Gasteiger partial charge in [-0.2, -0.15) is 0 Å². The first-order valence-electron chi connectivity index (χ1n) is 5.82. The molecule has 96 valence electrons. The Morgan fingerprint density at radius 2 is 2.17 bits per heavy atom. The van der Waals surface area contributed by atoms with Gasteiger partial charge in [-0.05, 0) is 25.0 Å². The quantitative estimate of drug-likeness (QED) is 0.778. The van der Waals surface area contributed by atoms with E-state index >= 15 is 0 Å². The maximum Gasteiger partial charge on any atom is 0.315 e. The molecule has 5 heteroatoms. The van der Waals surface area contributed by atoms with E-state index in [0.29, 0.717) is 13.0 Å². The Kier molecular flexibility index (Phi) is 3.50. The number of rotatable bonds is 3. The number of para-hydroxylation sites is 1. The number of hydrogen-bond donors (Lipinski definition) is 2. The topological polar surface area (TPSA) is 75.6 Å². The highest BCUT2D eigenvalue weighted by Crippen LogP contribution is 2.23. The van der Waals surface area contributed by atoms with Crippen molar-refractivity contribution in [3.63, 3.8) is 0 Å². The Morgan fingerprint density at radius 1 is 1.44 bits per heavy atom. The first-order chi connectivity index (χ1) is 8.58. The van der Waals surface area contributed by atoms with Crippen molar-refractivity contribution in [3.05, 3.63) is 29.8 Å². The summed E-state index contributed by atoms with van der Waals surface area (Å²) in [6.45, 7) is 1.74. The molecule has 1 aromatic carbocycles. The molecule has 18 heavy (non-hydrogen) atoms. The molecule has 1 amide bonds. The molecular formula is C13H15NO4. The molecule has 1 aromatic rings. The summed E-state index contributed by atoms with van der Waals surface area (Å²) in [5, 5.41) is 11.4. The highest BCUT2D eigenvalue weighted by molar-refractivity contribution is 5.96. The largest absolute Gasteiger partial charge is 0.491 e. The third-order valence-corrected chi connectivity index (χ3v) is 2.99. The highest BCUT2D eigenvalue weighted by atomic mass is 16.5. The molecule has 1 heterocycles. The van der Waals surface area contributed by atoms with E-state index in [-0.39, 0.29) is 6.04 Å². The van der Waals surface area contributed by atoms with E-state index in [1.807, 2.05) is 24.3 Å². The van der Waals surface area contributed by atoms with Crippen molar-refractivity contribution in [2.45, 2.75) is 19.4 Å². The number of carbonyl (C=O) groups is 2. The van der Waals surface area contributed by atoms with E-state index in [2.05, 4.69) is 5.32 Å². The van der Waals surface area contributed by atoms with E-state index < -0.39 is 17.8 Å². The molecule has 2 atom stereocenters. The van der Waals surface area contributed by atoms with Crippen molar-refractivity contribution >= 4 is 11.9 Å². The minimum Gasteiger partial charge on any atom is -0.491 e. The van der Waals surface area contributed by atoms with E-state index in [4.69, 9.17) is 9.84 Å². The fraction of sp³-hybridized carbons (Fsp3) is 0.385. The lowest BCUT2D eigenvalue weighted by molar-refractivity contribution is -0.146. The molecule has 2 rings (SSSR count). The second-order valence-corrected chi connectivity index (χ2v) is 4.39. The van der Waals surface area contributed by atoms with Crippen LogP contribution in [-0.2, 0) is 16.0 Å². The van der Waals surface area contributed by atoms with Gasteiger partial charge >= 0.3 is 5.97 Å². The third-order valence-electron chi connectivity index (χ3n) is 2.99. The summed E-state index contributed by atoms with van der Waals surface area (Å²) in [7, 11) is 0. The highest BCUT2D eigenvalue weighted by Gasteiger charge is 2.26. The first-order valence-corrected chi connectivity index (χ1v) is 5.82. The van der Waals surface area contributed by atoms with Gasteiger partial charge in [-0.3, -0.25) is 9.59 Å². The zero-order valence-electron chi connectivity index (χ0n) is 10.1. The molecule has 0 aliphatic carbocycles. The zero-order valence-corrected chi connectivity index (χ0v) is 10.1. The third kappa shape index (κ3) is 2.61. The van der Waals surface area contributed by atoms with Crippen molar-refractivity contribution in [2.75, 3.05) is 6.61 Å². The predicted molar refractivity (Wildman–Crippen MR) is 64.4 cm³/mol. The summed E-state index contributed by atoms with van der Waals surface area (Å²) in [6.07, 6.45) is 0.661. The van der Waals surface area contributed by atoms with Crippen LogP contribution in [0.2, 0.25) is 0 Å². The Morgan fingerprint density at radius 3 is 2.89 bits per heavy atom. The Labute approximate surface area is 105 Å². The number of nitrogens with one attached hydrogen (secondary N) is 1. The second kappa shape index (κ2) is 5.08. The predicted octanol–water partition coefficient (Wildman–Crippen LogP) is 0.827. The van der Waals surface area contributed by atoms with Crippen molar-refractivity contribution < 1.29 is 19.4 Å². The van der Waals surface area contributed by atoms with Gasteiger partial charge in [0.2, 0.25) is 5.91 Å². The van der Waals surface area contributed by atoms with Gasteiger partial charge in [-0.25, -0.2) is 0 Å². The lowest BCUT2D eigenvalue weighted by Gasteiger charge is -2.26. The minimum atomic E-state index is -1.12. The molecule has 1 aliphatic heterocycles. The number of aliphatic carboxylic acids is 1. The van der Waals surface area contributed by atoms with Crippen molar-refractivity contribution in [3.8, 4) is 5.75 Å². The molecule has 0 radical (unpaired) electrons. The van der Waals surface area contributed by atoms with Gasteiger partial charge in [0.1, 0.15) is 18.3 Å². The van der Waals surface area contributed by atoms with Crippen LogP contribution in [0.5, 0.6) is 5.75 Å². The number of carboxylic acids is 1. The van der Waals surface area contributed by atoms with Crippen LogP contribution >= 0.6 is 0 Å². The van der Waals surface area contributed by atoms with Crippen molar-refractivity contribution in [2.24, 2.45) is 5.92 Å². The van der Waals surface area contributed by atoms with Crippen LogP contribution in [0, 0.1) is 5.92 Å². The number of carbonyl (C=O) groups excluding carboxylic acids is 1. The van der Waals surface area contributed by atoms with Crippen LogP contribution in [-0.4, -0.2) is 29.6 Å². The lowest BCUT2D eigenvalue weighted by atomic mass is 10.0. The zero-order chi connectivity index (χ0) is 13.1. The normalized spacial score (nSPS) is 19.3. The molecule has 0 fully saturated rings. The fourth-order valence-corrected chi connectivity index (χ4v) is 1.86. The van der Waals surface area contributed by atoms with E-state index in [0.717, 1.165) is 11.3 Å². The number of amides is 1. The van der Waals surface area contributed by atoms with Crippen LogP contribution in [0.3, 0.4) is 0 Å². The second-order valence-electron chi connectivity index (χ2n) is 4.39. The van der Waals surface area contributed by atoms with Crippen molar-refractivity contribution in [1.82, 2.24) is 5.32 Å². The summed E-state index contributed by atoms with van der Waals surface area (Å²) in [4.78, 5) is 22.3. The average molecular weight is 249 g/mol. The van der Waals surface area contributed by atoms with E-state index in [9.17, 15) is 9.59 Å². The number of fused-ring (bicyclic) bond motifs is 1. The van der Waals surface area contributed by atoms with Crippen LogP contribution in [0.25, 0.3) is 0 Å². The van der Waals surface area contributed by atoms with E-state index in [1.165, 1.54) is 6.92 Å². The molecule has 2 unspecified atom stereocenters. The summed E-state index contributed by atoms with van der Waals surface area (Å²) < 4.78 is 5.52. The van der Waals surface area contributed by atoms with Crippen LogP contribution in [0.1, 0.15) is 12.5 Å². The molecular weight excluding hydrogens is 234 g/mol. The van der Waals surface area contributed by atoms with Crippen LogP contribution in [0.4, 0.5) is 0 Å². The Bertz CT molecular complexity index is 472. The first kappa shape index (κ1) is 12.4. The Balaban J connectivity index is 1.98. The summed E-state index contributed by atoms with van der Waals surface area (Å²) in [6, 6.07) is 7.45. The summed E-state index contributed by atoms with van der Waals surface area (Å²) in [5.74, 6) is -1.81. The van der Waals surface area contributed by atoms with Gasteiger partial charge < -0.3 is 15.2 Å². The van der Waals surface area contributed by atoms with Gasteiger partial charge in [0, 0.05) is 0 Å². The summed E-state index contributed by atoms with van der Waals surface area (Å²) >= 11 is 0. The average Bonchev–Trinajstić information content (AvgIpc) is 2.37. The van der Waals surface area contributed by atoms with Gasteiger partial charge in [0.25, 0.3) is 0 Å². The monoisotopic (exact) mass is 249 g/mol. The molecule has 0 aromatic heterocycles. The minimum absolute atomic E-state index is 0.172. The summed E-state index contributed by atoms with van der Waals surface area (Å²) in [5.41, 5.74) is 1.03. The van der Waals surface area contributed by atoms with Gasteiger partial charge in [0.15, 0.2) is 0 Å². The molecule has 1 aliphatic rings. The van der Waals surface area contributed by atoms with Crippen LogP contribution in [0.15, 0.2) is 24.3 Å². The molecule has 2 N–H and O–H groups in total. The van der Waals surface area contributed by atoms with Crippen molar-refractivity contribution in [1.29, 1.82) is 0 Å². The SMILES string of the molecule is CC(C(=O)O)C(=O)NC1COc2ccccc2C1. The standard InChI is InChI=1S/C13H15NO4/c1-8(13(16)17)12(15)14-10-6-9-4-2-3-5-11(9)18-7-10/h2-5,8,10H,6-7H2,1H3,(H,14,15)(H,16,17). The fourth-order valence-electron chi connectivity index (χ4n) is 1.86. The number of benzene rings is 1.